The van der Waals surface area contributed by atoms with Gasteiger partial charge >= 0.3 is 0 Å². The van der Waals surface area contributed by atoms with Crippen LogP contribution in [-0.2, 0) is 6.42 Å². The molecule has 0 bridgehead atoms. The van der Waals surface area contributed by atoms with Crippen molar-refractivity contribution in [1.29, 1.82) is 0 Å². The highest BCUT2D eigenvalue weighted by Crippen LogP contribution is 2.19. The van der Waals surface area contributed by atoms with Crippen LogP contribution in [-0.4, -0.2) is 37.7 Å². The second-order valence-electron chi connectivity index (χ2n) is 5.00. The second-order valence-corrected chi connectivity index (χ2v) is 5.00. The number of rotatable bonds is 6. The SMILES string of the molecule is COc1ccccc1CCN(C)C(C)(C)CN. The number of benzene rings is 1. The van der Waals surface area contributed by atoms with Crippen LogP contribution in [0.15, 0.2) is 24.3 Å². The van der Waals surface area contributed by atoms with Crippen molar-refractivity contribution in [2.75, 3.05) is 27.2 Å². The standard InChI is InChI=1S/C14H24N2O/c1-14(2,11-15)16(3)10-9-12-7-5-6-8-13(12)17-4/h5-8H,9-11,15H2,1-4H3. The number of para-hydroxylation sites is 1. The van der Waals surface area contributed by atoms with Gasteiger partial charge < -0.3 is 10.5 Å². The number of methoxy groups -OCH3 is 1. The predicted molar refractivity (Wildman–Crippen MR) is 72.5 cm³/mol. The zero-order valence-electron chi connectivity index (χ0n) is 11.4. The minimum atomic E-state index is 0.0437. The Hall–Kier alpha value is -1.06. The Morgan fingerprint density at radius 2 is 1.94 bits per heavy atom. The molecule has 3 nitrogen and oxygen atoms in total. The normalized spacial score (nSPS) is 11.9. The second kappa shape index (κ2) is 6.03. The first kappa shape index (κ1) is 14.0. The molecule has 0 aliphatic rings. The summed E-state index contributed by atoms with van der Waals surface area (Å²) in [6, 6.07) is 8.16. The molecule has 0 fully saturated rings. The summed E-state index contributed by atoms with van der Waals surface area (Å²) in [7, 11) is 3.83. The van der Waals surface area contributed by atoms with Crippen molar-refractivity contribution in [2.45, 2.75) is 25.8 Å². The van der Waals surface area contributed by atoms with E-state index in [1.54, 1.807) is 7.11 Å². The molecular weight excluding hydrogens is 212 g/mol. The van der Waals surface area contributed by atoms with Crippen LogP contribution in [0.1, 0.15) is 19.4 Å². The largest absolute Gasteiger partial charge is 0.496 e. The van der Waals surface area contributed by atoms with Crippen molar-refractivity contribution < 1.29 is 4.74 Å². The minimum Gasteiger partial charge on any atom is -0.496 e. The van der Waals surface area contributed by atoms with Gasteiger partial charge in [-0.1, -0.05) is 18.2 Å². The van der Waals surface area contributed by atoms with Crippen LogP contribution < -0.4 is 10.5 Å². The molecule has 96 valence electrons. The van der Waals surface area contributed by atoms with Crippen LogP contribution in [0.5, 0.6) is 5.75 Å². The lowest BCUT2D eigenvalue weighted by Crippen LogP contribution is -2.47. The fourth-order valence-corrected chi connectivity index (χ4v) is 1.66. The highest BCUT2D eigenvalue weighted by molar-refractivity contribution is 5.33. The summed E-state index contributed by atoms with van der Waals surface area (Å²) in [4.78, 5) is 2.29. The van der Waals surface area contributed by atoms with Crippen molar-refractivity contribution in [1.82, 2.24) is 4.90 Å². The summed E-state index contributed by atoms with van der Waals surface area (Å²) in [6.45, 7) is 5.96. The van der Waals surface area contributed by atoms with E-state index in [2.05, 4.69) is 31.9 Å². The summed E-state index contributed by atoms with van der Waals surface area (Å²) in [5.41, 5.74) is 7.05. The van der Waals surface area contributed by atoms with Gasteiger partial charge in [0.05, 0.1) is 7.11 Å². The van der Waals surface area contributed by atoms with Gasteiger partial charge in [-0.2, -0.15) is 0 Å². The van der Waals surface area contributed by atoms with E-state index in [1.165, 1.54) is 5.56 Å². The average Bonchev–Trinajstić information content (AvgIpc) is 2.36. The van der Waals surface area contributed by atoms with Gasteiger partial charge in [-0.25, -0.2) is 0 Å². The van der Waals surface area contributed by atoms with Gasteiger partial charge in [0, 0.05) is 18.6 Å². The van der Waals surface area contributed by atoms with Crippen LogP contribution in [0, 0.1) is 0 Å². The molecular formula is C14H24N2O. The third-order valence-corrected chi connectivity index (χ3v) is 3.44. The Morgan fingerprint density at radius 1 is 1.29 bits per heavy atom. The zero-order chi connectivity index (χ0) is 12.9. The molecule has 0 saturated heterocycles. The maximum atomic E-state index is 5.77. The van der Waals surface area contributed by atoms with Crippen LogP contribution >= 0.6 is 0 Å². The molecule has 1 aromatic carbocycles. The molecule has 0 heterocycles. The molecule has 0 spiro atoms. The van der Waals surface area contributed by atoms with Gasteiger partial charge in [0.15, 0.2) is 0 Å². The molecule has 0 radical (unpaired) electrons. The van der Waals surface area contributed by atoms with Crippen LogP contribution in [0.25, 0.3) is 0 Å². The van der Waals surface area contributed by atoms with Crippen LogP contribution in [0.3, 0.4) is 0 Å². The molecule has 0 aliphatic carbocycles. The van der Waals surface area contributed by atoms with Gasteiger partial charge in [-0.3, -0.25) is 4.90 Å². The first-order valence-electron chi connectivity index (χ1n) is 6.04. The van der Waals surface area contributed by atoms with E-state index >= 15 is 0 Å². The number of likely N-dealkylation sites (N-methyl/N-ethyl adjacent to an activating group) is 1. The van der Waals surface area contributed by atoms with Gasteiger partial charge in [0.2, 0.25) is 0 Å². The maximum absolute atomic E-state index is 5.77. The van der Waals surface area contributed by atoms with Gasteiger partial charge in [0.25, 0.3) is 0 Å². The quantitative estimate of drug-likeness (QED) is 0.820. The number of ether oxygens (including phenoxy) is 1. The molecule has 17 heavy (non-hydrogen) atoms. The summed E-state index contributed by atoms with van der Waals surface area (Å²) in [6.07, 6.45) is 0.976. The van der Waals surface area contributed by atoms with E-state index in [0.29, 0.717) is 6.54 Å². The highest BCUT2D eigenvalue weighted by atomic mass is 16.5. The van der Waals surface area contributed by atoms with Gasteiger partial charge in [-0.05, 0) is 38.9 Å². The molecule has 3 heteroatoms. The molecule has 2 N–H and O–H groups in total. The van der Waals surface area contributed by atoms with E-state index in [9.17, 15) is 0 Å². The smallest absolute Gasteiger partial charge is 0.122 e. The first-order chi connectivity index (χ1) is 8.01. The van der Waals surface area contributed by atoms with Crippen molar-refractivity contribution >= 4 is 0 Å². The molecule has 1 aromatic rings. The monoisotopic (exact) mass is 236 g/mol. The van der Waals surface area contributed by atoms with E-state index in [1.807, 2.05) is 18.2 Å². The number of nitrogens with zero attached hydrogens (tertiary/aromatic N) is 1. The maximum Gasteiger partial charge on any atom is 0.122 e. The van der Waals surface area contributed by atoms with E-state index in [-0.39, 0.29) is 5.54 Å². The topological polar surface area (TPSA) is 38.5 Å². The fraction of sp³-hybridized carbons (Fsp3) is 0.571. The van der Waals surface area contributed by atoms with Crippen LogP contribution in [0.4, 0.5) is 0 Å². The van der Waals surface area contributed by atoms with Gasteiger partial charge in [-0.15, -0.1) is 0 Å². The van der Waals surface area contributed by atoms with Gasteiger partial charge in [0.1, 0.15) is 5.75 Å². The van der Waals surface area contributed by atoms with Crippen molar-refractivity contribution in [3.8, 4) is 5.75 Å². The lowest BCUT2D eigenvalue weighted by molar-refractivity contribution is 0.165. The van der Waals surface area contributed by atoms with Crippen molar-refractivity contribution in [3.05, 3.63) is 29.8 Å². The van der Waals surface area contributed by atoms with Crippen LogP contribution in [0.2, 0.25) is 0 Å². The first-order valence-corrected chi connectivity index (χ1v) is 6.04. The molecule has 0 amide bonds. The van der Waals surface area contributed by atoms with Crippen molar-refractivity contribution in [3.63, 3.8) is 0 Å². The molecule has 1 rings (SSSR count). The average molecular weight is 236 g/mol. The molecule has 0 atom stereocenters. The third-order valence-electron chi connectivity index (χ3n) is 3.44. The summed E-state index contributed by atoms with van der Waals surface area (Å²) in [5, 5.41) is 0. The Bertz CT molecular complexity index is 350. The molecule has 0 aromatic heterocycles. The lowest BCUT2D eigenvalue weighted by atomic mass is 10.0. The lowest BCUT2D eigenvalue weighted by Gasteiger charge is -2.34. The number of hydrogen-bond donors (Lipinski definition) is 1. The minimum absolute atomic E-state index is 0.0437. The third kappa shape index (κ3) is 3.72. The fourth-order valence-electron chi connectivity index (χ4n) is 1.66. The summed E-state index contributed by atoms with van der Waals surface area (Å²) >= 11 is 0. The number of hydrogen-bond acceptors (Lipinski definition) is 3. The van der Waals surface area contributed by atoms with E-state index in [4.69, 9.17) is 10.5 Å². The Labute approximate surface area is 105 Å². The zero-order valence-corrected chi connectivity index (χ0v) is 11.4. The molecule has 0 saturated carbocycles. The summed E-state index contributed by atoms with van der Waals surface area (Å²) < 4.78 is 5.35. The Morgan fingerprint density at radius 3 is 2.53 bits per heavy atom. The number of nitrogens with two attached hydrogens (primary N) is 1. The summed E-state index contributed by atoms with van der Waals surface area (Å²) in [5.74, 6) is 0.964. The molecule has 0 unspecified atom stereocenters. The van der Waals surface area contributed by atoms with E-state index < -0.39 is 0 Å². The van der Waals surface area contributed by atoms with E-state index in [0.717, 1.165) is 18.7 Å². The predicted octanol–water partition coefficient (Wildman–Crippen LogP) is 1.91. The van der Waals surface area contributed by atoms with Crippen molar-refractivity contribution in [2.24, 2.45) is 5.73 Å². The Balaban J connectivity index is 2.61. The highest BCUT2D eigenvalue weighted by Gasteiger charge is 2.21. The Kier molecular flexibility index (Phi) is 4.97. The molecule has 0 aliphatic heterocycles.